The quantitative estimate of drug-likeness (QED) is 0.148. The number of halogens is 2. The van der Waals surface area contributed by atoms with E-state index in [9.17, 15) is 9.59 Å². The van der Waals surface area contributed by atoms with Crippen LogP contribution >= 0.6 is 35.1 Å². The molecule has 0 unspecified atom stereocenters. The van der Waals surface area contributed by atoms with Crippen LogP contribution in [0.25, 0.3) is 0 Å². The molecular formula is C31H41Cl2N3O4S. The van der Waals surface area contributed by atoms with Crippen molar-refractivity contribution in [2.75, 3.05) is 54.3 Å². The van der Waals surface area contributed by atoms with Crippen molar-refractivity contribution in [3.8, 4) is 0 Å². The molecular weight excluding hydrogens is 581 g/mol. The number of amides is 1. The lowest BCUT2D eigenvalue weighted by Crippen LogP contribution is -2.26. The van der Waals surface area contributed by atoms with Crippen LogP contribution in [0.2, 0.25) is 10.0 Å². The summed E-state index contributed by atoms with van der Waals surface area (Å²) in [7, 11) is 1.79. The van der Waals surface area contributed by atoms with Gasteiger partial charge in [-0.05, 0) is 79.9 Å². The number of aldehydes is 1. The highest BCUT2D eigenvalue weighted by Crippen LogP contribution is 2.27. The zero-order chi connectivity index (χ0) is 30.5. The van der Waals surface area contributed by atoms with E-state index in [0.29, 0.717) is 32.8 Å². The number of benzene rings is 3. The average Bonchev–Trinajstić information content (AvgIpc) is 3.03. The topological polar surface area (TPSA) is 79.9 Å². The lowest BCUT2D eigenvalue weighted by Gasteiger charge is -2.27. The monoisotopic (exact) mass is 621 g/mol. The van der Waals surface area contributed by atoms with Gasteiger partial charge in [0.2, 0.25) is 0 Å². The first-order valence-electron chi connectivity index (χ1n) is 13.6. The van der Waals surface area contributed by atoms with E-state index in [1.54, 1.807) is 61.5 Å². The number of carbonyl (C=O) groups excluding carboxylic acids is 2. The summed E-state index contributed by atoms with van der Waals surface area (Å²) in [6.07, 6.45) is 1.90. The second kappa shape index (κ2) is 21.9. The summed E-state index contributed by atoms with van der Waals surface area (Å²) in [6, 6.07) is 19.7. The number of nitrogens with zero attached hydrogens (tertiary/aromatic N) is 1. The van der Waals surface area contributed by atoms with E-state index >= 15 is 0 Å². The Kier molecular flexibility index (Phi) is 19.4. The van der Waals surface area contributed by atoms with Gasteiger partial charge < -0.3 is 24.4 Å². The highest BCUT2D eigenvalue weighted by atomic mass is 35.5. The molecule has 0 aliphatic carbocycles. The number of nitrogens with one attached hydrogen (secondary N) is 2. The molecule has 2 N–H and O–H groups in total. The molecule has 3 aromatic rings. The van der Waals surface area contributed by atoms with Crippen LogP contribution in [-0.4, -0.2) is 51.5 Å². The number of hydrogen-bond acceptors (Lipinski definition) is 7. The first-order valence-corrected chi connectivity index (χ1v) is 15.3. The Morgan fingerprint density at radius 2 is 1.80 bits per heavy atom. The number of rotatable bonds is 8. The second-order valence-corrected chi connectivity index (χ2v) is 9.85. The van der Waals surface area contributed by atoms with Gasteiger partial charge in [-0.1, -0.05) is 56.1 Å². The highest BCUT2D eigenvalue weighted by molar-refractivity contribution is 8.00. The summed E-state index contributed by atoms with van der Waals surface area (Å²) < 4.78 is 12.5. The number of ether oxygens (including phenoxy) is 2. The van der Waals surface area contributed by atoms with Crippen molar-refractivity contribution in [1.82, 2.24) is 0 Å². The molecule has 0 saturated carbocycles. The molecule has 0 spiro atoms. The molecule has 1 fully saturated rings. The minimum atomic E-state index is -0.152. The Hall–Kier alpha value is -2.75. The SMILES string of the molecule is CC.CCCOCC.CNc1cc(NC(=O)c2ccc(N3CCOCS3)cc2)ccc1Cl.O=Cc1cccc(Cl)c1. The van der Waals surface area contributed by atoms with E-state index in [1.807, 2.05) is 45.0 Å². The average molecular weight is 623 g/mol. The molecule has 0 radical (unpaired) electrons. The van der Waals surface area contributed by atoms with Crippen molar-refractivity contribution in [2.24, 2.45) is 0 Å². The van der Waals surface area contributed by atoms with E-state index < -0.39 is 0 Å². The van der Waals surface area contributed by atoms with E-state index in [4.69, 9.17) is 32.7 Å². The Morgan fingerprint density at radius 1 is 1.07 bits per heavy atom. The molecule has 224 valence electrons. The number of carbonyl (C=O) groups is 2. The van der Waals surface area contributed by atoms with Crippen molar-refractivity contribution in [3.63, 3.8) is 0 Å². The van der Waals surface area contributed by atoms with Crippen LogP contribution in [-0.2, 0) is 9.47 Å². The van der Waals surface area contributed by atoms with Crippen LogP contribution in [0.1, 0.15) is 54.8 Å². The highest BCUT2D eigenvalue weighted by Gasteiger charge is 2.13. The minimum absolute atomic E-state index is 0.152. The lowest BCUT2D eigenvalue weighted by atomic mass is 10.2. The lowest BCUT2D eigenvalue weighted by molar-refractivity contribution is 0.102. The van der Waals surface area contributed by atoms with Gasteiger partial charge in [0.05, 0.1) is 23.9 Å². The summed E-state index contributed by atoms with van der Waals surface area (Å²) in [5.74, 6) is 0.507. The first-order chi connectivity index (χ1) is 19.9. The maximum absolute atomic E-state index is 12.4. The summed E-state index contributed by atoms with van der Waals surface area (Å²) in [5, 5.41) is 7.08. The molecule has 1 aliphatic heterocycles. The molecule has 10 heteroatoms. The summed E-state index contributed by atoms with van der Waals surface area (Å²) >= 11 is 13.2. The summed E-state index contributed by atoms with van der Waals surface area (Å²) in [4.78, 5) is 22.5. The Morgan fingerprint density at radius 3 is 2.32 bits per heavy atom. The maximum atomic E-state index is 12.4. The van der Waals surface area contributed by atoms with Crippen LogP contribution in [0, 0.1) is 0 Å². The van der Waals surface area contributed by atoms with Gasteiger partial charge in [-0.15, -0.1) is 0 Å². The molecule has 1 saturated heterocycles. The van der Waals surface area contributed by atoms with Gasteiger partial charge in [-0.3, -0.25) is 9.59 Å². The molecule has 1 amide bonds. The van der Waals surface area contributed by atoms with Crippen molar-refractivity contribution >= 4 is 64.4 Å². The summed E-state index contributed by atoms with van der Waals surface area (Å²) in [5.41, 5.74) is 3.76. The number of hydrogen-bond donors (Lipinski definition) is 2. The van der Waals surface area contributed by atoms with E-state index in [2.05, 4.69) is 21.9 Å². The fourth-order valence-electron chi connectivity index (χ4n) is 3.22. The third-order valence-electron chi connectivity index (χ3n) is 5.18. The molecule has 4 rings (SSSR count). The van der Waals surface area contributed by atoms with Crippen molar-refractivity contribution in [1.29, 1.82) is 0 Å². The van der Waals surface area contributed by atoms with Crippen molar-refractivity contribution < 1.29 is 19.1 Å². The van der Waals surface area contributed by atoms with E-state index in [1.165, 1.54) is 0 Å². The largest absolute Gasteiger partial charge is 0.387 e. The molecule has 1 heterocycles. The van der Waals surface area contributed by atoms with Crippen LogP contribution in [0.15, 0.2) is 66.7 Å². The van der Waals surface area contributed by atoms with Gasteiger partial charge in [0.15, 0.2) is 0 Å². The number of anilines is 3. The third-order valence-corrected chi connectivity index (χ3v) is 6.72. The van der Waals surface area contributed by atoms with Gasteiger partial charge >= 0.3 is 0 Å². The predicted molar refractivity (Wildman–Crippen MR) is 176 cm³/mol. The minimum Gasteiger partial charge on any atom is -0.387 e. The fourth-order valence-corrected chi connectivity index (χ4v) is 4.43. The standard InChI is InChI=1S/C17H18ClN3O2S.C7H5ClO.C5H12O.C2H6/c1-19-16-10-13(4-7-15(16)18)20-17(22)12-2-5-14(6-3-12)21-8-9-23-11-24-21;8-7-3-1-2-6(4-7)5-9;1-3-5-6-4-2;1-2/h2-7,10,19H,8-9,11H2,1H3,(H,20,22);1-5H;3-5H2,1-2H3;1-2H3. The molecule has 7 nitrogen and oxygen atoms in total. The molecule has 41 heavy (non-hydrogen) atoms. The van der Waals surface area contributed by atoms with Gasteiger partial charge in [0.1, 0.15) is 12.2 Å². The van der Waals surface area contributed by atoms with Crippen molar-refractivity contribution in [3.05, 3.63) is 87.9 Å². The zero-order valence-corrected chi connectivity index (χ0v) is 26.7. The van der Waals surface area contributed by atoms with Gasteiger partial charge in [-0.25, -0.2) is 0 Å². The molecule has 3 aromatic carbocycles. The van der Waals surface area contributed by atoms with Crippen LogP contribution in [0.5, 0.6) is 0 Å². The summed E-state index contributed by atoms with van der Waals surface area (Å²) in [6.45, 7) is 11.4. The fraction of sp³-hybridized carbons (Fsp3) is 0.355. The van der Waals surface area contributed by atoms with Gasteiger partial charge in [0.25, 0.3) is 5.91 Å². The first kappa shape index (κ1) is 36.3. The Labute approximate surface area is 259 Å². The second-order valence-electron chi connectivity index (χ2n) is 8.07. The maximum Gasteiger partial charge on any atom is 0.255 e. The molecule has 1 aliphatic rings. The van der Waals surface area contributed by atoms with E-state index in [0.717, 1.165) is 50.4 Å². The van der Waals surface area contributed by atoms with Crippen LogP contribution < -0.4 is 14.9 Å². The normalized spacial score (nSPS) is 11.8. The molecule has 0 bridgehead atoms. The zero-order valence-electron chi connectivity index (χ0n) is 24.4. The van der Waals surface area contributed by atoms with Crippen LogP contribution in [0.3, 0.4) is 0 Å². The Balaban J connectivity index is 0.000000406. The van der Waals surface area contributed by atoms with Crippen LogP contribution in [0.4, 0.5) is 17.1 Å². The van der Waals surface area contributed by atoms with Gasteiger partial charge in [0, 0.05) is 47.8 Å². The van der Waals surface area contributed by atoms with E-state index in [-0.39, 0.29) is 5.91 Å². The van der Waals surface area contributed by atoms with Crippen molar-refractivity contribution in [2.45, 2.75) is 34.1 Å². The smallest absolute Gasteiger partial charge is 0.255 e. The molecule has 0 aromatic heterocycles. The third kappa shape index (κ3) is 14.1. The predicted octanol–water partition coefficient (Wildman–Crippen LogP) is 8.69. The Bertz CT molecular complexity index is 1160. The van der Waals surface area contributed by atoms with Gasteiger partial charge in [-0.2, -0.15) is 0 Å². The molecule has 0 atom stereocenters.